The molecule has 4 heteroatoms. The highest BCUT2D eigenvalue weighted by atomic mass is 79.9. The van der Waals surface area contributed by atoms with Gasteiger partial charge in [-0.2, -0.15) is 0 Å². The van der Waals surface area contributed by atoms with Crippen molar-refractivity contribution in [1.82, 2.24) is 5.32 Å². The fourth-order valence-corrected chi connectivity index (χ4v) is 2.10. The first kappa shape index (κ1) is 14.2. The van der Waals surface area contributed by atoms with Crippen LogP contribution in [0.3, 0.4) is 0 Å². The molecule has 0 radical (unpaired) electrons. The maximum Gasteiger partial charge on any atom is 0.224 e. The first-order valence-corrected chi connectivity index (χ1v) is 6.69. The van der Waals surface area contributed by atoms with Crippen molar-refractivity contribution in [2.24, 2.45) is 11.7 Å². The van der Waals surface area contributed by atoms with E-state index in [0.717, 1.165) is 22.9 Å². The summed E-state index contributed by atoms with van der Waals surface area (Å²) in [4.78, 5) is 11.8. The molecule has 1 rings (SSSR count). The maximum absolute atomic E-state index is 11.8. The summed E-state index contributed by atoms with van der Waals surface area (Å²) in [6, 6.07) is 7.86. The highest BCUT2D eigenvalue weighted by molar-refractivity contribution is 9.10. The summed E-state index contributed by atoms with van der Waals surface area (Å²) in [7, 11) is 0. The molecule has 0 aliphatic carbocycles. The second-order valence-electron chi connectivity index (χ2n) is 4.03. The summed E-state index contributed by atoms with van der Waals surface area (Å²) in [5, 5.41) is 2.93. The lowest BCUT2D eigenvalue weighted by Crippen LogP contribution is -2.34. The van der Waals surface area contributed by atoms with Crippen LogP contribution in [0.1, 0.15) is 25.3 Å². The minimum atomic E-state index is -0.0671. The van der Waals surface area contributed by atoms with Gasteiger partial charge in [0.2, 0.25) is 5.91 Å². The molecule has 0 aromatic heterocycles. The fraction of sp³-hybridized carbons (Fsp3) is 0.462. The molecule has 1 aromatic carbocycles. The van der Waals surface area contributed by atoms with Crippen molar-refractivity contribution in [3.63, 3.8) is 0 Å². The van der Waals surface area contributed by atoms with E-state index in [9.17, 15) is 4.79 Å². The number of hydrogen-bond donors (Lipinski definition) is 2. The second-order valence-corrected chi connectivity index (χ2v) is 4.88. The largest absolute Gasteiger partial charge is 0.352 e. The zero-order valence-corrected chi connectivity index (χ0v) is 11.7. The number of nitrogens with one attached hydrogen (secondary N) is 1. The first-order chi connectivity index (χ1) is 8.19. The summed E-state index contributed by atoms with van der Waals surface area (Å²) in [6.45, 7) is 3.01. The highest BCUT2D eigenvalue weighted by Gasteiger charge is 2.15. The summed E-state index contributed by atoms with van der Waals surface area (Å²) >= 11 is 3.46. The van der Waals surface area contributed by atoms with E-state index in [2.05, 4.69) is 28.2 Å². The van der Waals surface area contributed by atoms with E-state index in [1.54, 1.807) is 0 Å². The van der Waals surface area contributed by atoms with Crippen molar-refractivity contribution >= 4 is 21.8 Å². The number of halogens is 1. The molecule has 1 aromatic rings. The SMILES string of the molecule is CCCC(CN)C(=O)NCc1ccccc1Br. The minimum Gasteiger partial charge on any atom is -0.352 e. The quantitative estimate of drug-likeness (QED) is 0.847. The van der Waals surface area contributed by atoms with Crippen LogP contribution in [0.2, 0.25) is 0 Å². The third kappa shape index (κ3) is 4.48. The standard InChI is InChI=1S/C13H19BrN2O/c1-2-5-10(8-15)13(17)16-9-11-6-3-4-7-12(11)14/h3-4,6-7,10H,2,5,8-9,15H2,1H3,(H,16,17). The Bertz CT molecular complexity index is 368. The van der Waals surface area contributed by atoms with Gasteiger partial charge in [0.15, 0.2) is 0 Å². The van der Waals surface area contributed by atoms with Crippen LogP contribution in [0.15, 0.2) is 28.7 Å². The highest BCUT2D eigenvalue weighted by Crippen LogP contribution is 2.15. The molecule has 1 amide bonds. The van der Waals surface area contributed by atoms with Gasteiger partial charge >= 0.3 is 0 Å². The molecule has 0 bridgehead atoms. The number of benzene rings is 1. The van der Waals surface area contributed by atoms with E-state index in [1.807, 2.05) is 24.3 Å². The summed E-state index contributed by atoms with van der Waals surface area (Å²) in [5.74, 6) is -0.0207. The van der Waals surface area contributed by atoms with E-state index in [-0.39, 0.29) is 11.8 Å². The minimum absolute atomic E-state index is 0.0464. The average Bonchev–Trinajstić information content (AvgIpc) is 2.34. The lowest BCUT2D eigenvalue weighted by Gasteiger charge is -2.14. The fourth-order valence-electron chi connectivity index (χ4n) is 1.67. The van der Waals surface area contributed by atoms with E-state index in [1.165, 1.54) is 0 Å². The second kappa shape index (κ2) is 7.45. The number of hydrogen-bond acceptors (Lipinski definition) is 2. The van der Waals surface area contributed by atoms with Crippen LogP contribution < -0.4 is 11.1 Å². The van der Waals surface area contributed by atoms with Gasteiger partial charge in [-0.25, -0.2) is 0 Å². The van der Waals surface area contributed by atoms with Gasteiger partial charge in [-0.05, 0) is 18.1 Å². The van der Waals surface area contributed by atoms with E-state index in [4.69, 9.17) is 5.73 Å². The van der Waals surface area contributed by atoms with E-state index in [0.29, 0.717) is 13.1 Å². The molecule has 17 heavy (non-hydrogen) atoms. The zero-order valence-electron chi connectivity index (χ0n) is 10.1. The maximum atomic E-state index is 11.8. The summed E-state index contributed by atoms with van der Waals surface area (Å²) < 4.78 is 1.01. The molecule has 0 aliphatic rings. The van der Waals surface area contributed by atoms with Crippen LogP contribution >= 0.6 is 15.9 Å². The van der Waals surface area contributed by atoms with Gasteiger partial charge in [0, 0.05) is 17.6 Å². The number of carbonyl (C=O) groups is 1. The summed E-state index contributed by atoms with van der Waals surface area (Å²) in [5.41, 5.74) is 6.67. The van der Waals surface area contributed by atoms with Crippen LogP contribution in [0, 0.1) is 5.92 Å². The monoisotopic (exact) mass is 298 g/mol. The predicted molar refractivity (Wildman–Crippen MR) is 73.4 cm³/mol. The number of carbonyl (C=O) groups excluding carboxylic acids is 1. The van der Waals surface area contributed by atoms with Crippen molar-refractivity contribution in [1.29, 1.82) is 0 Å². The average molecular weight is 299 g/mol. The molecule has 0 fully saturated rings. The van der Waals surface area contributed by atoms with E-state index >= 15 is 0 Å². The Morgan fingerprint density at radius 3 is 2.76 bits per heavy atom. The molecule has 94 valence electrons. The Kier molecular flexibility index (Phi) is 6.22. The molecule has 0 saturated carbocycles. The molecular formula is C13H19BrN2O. The molecule has 0 spiro atoms. The van der Waals surface area contributed by atoms with Crippen LogP contribution in [0.5, 0.6) is 0 Å². The normalized spacial score (nSPS) is 12.2. The third-order valence-electron chi connectivity index (χ3n) is 2.70. The molecule has 1 atom stereocenters. The van der Waals surface area contributed by atoms with Crippen molar-refractivity contribution < 1.29 is 4.79 Å². The van der Waals surface area contributed by atoms with Crippen LogP contribution in [0.25, 0.3) is 0 Å². The summed E-state index contributed by atoms with van der Waals surface area (Å²) in [6.07, 6.45) is 1.82. The van der Waals surface area contributed by atoms with Crippen LogP contribution in [0.4, 0.5) is 0 Å². The molecule has 1 unspecified atom stereocenters. The molecular weight excluding hydrogens is 280 g/mol. The zero-order chi connectivity index (χ0) is 12.7. The van der Waals surface area contributed by atoms with E-state index < -0.39 is 0 Å². The Morgan fingerprint density at radius 1 is 1.47 bits per heavy atom. The van der Waals surface area contributed by atoms with Crippen molar-refractivity contribution in [3.8, 4) is 0 Å². The smallest absolute Gasteiger partial charge is 0.224 e. The number of rotatable bonds is 6. The van der Waals surface area contributed by atoms with Crippen molar-refractivity contribution in [2.75, 3.05) is 6.54 Å². The molecule has 3 N–H and O–H groups in total. The molecule has 0 saturated heterocycles. The van der Waals surface area contributed by atoms with Gasteiger partial charge in [0.1, 0.15) is 0 Å². The van der Waals surface area contributed by atoms with Gasteiger partial charge in [0.25, 0.3) is 0 Å². The van der Waals surface area contributed by atoms with Gasteiger partial charge in [-0.3, -0.25) is 4.79 Å². The Morgan fingerprint density at radius 2 is 2.18 bits per heavy atom. The van der Waals surface area contributed by atoms with Crippen LogP contribution in [-0.4, -0.2) is 12.5 Å². The van der Waals surface area contributed by atoms with Crippen molar-refractivity contribution in [2.45, 2.75) is 26.3 Å². The lowest BCUT2D eigenvalue weighted by molar-refractivity contribution is -0.125. The molecule has 0 aliphatic heterocycles. The molecule has 3 nitrogen and oxygen atoms in total. The van der Waals surface area contributed by atoms with Gasteiger partial charge in [-0.1, -0.05) is 47.5 Å². The Balaban J connectivity index is 2.50. The topological polar surface area (TPSA) is 55.1 Å². The lowest BCUT2D eigenvalue weighted by atomic mass is 10.0. The number of nitrogens with two attached hydrogens (primary N) is 1. The van der Waals surface area contributed by atoms with Gasteiger partial charge in [0.05, 0.1) is 5.92 Å². The number of amides is 1. The molecule has 0 heterocycles. The van der Waals surface area contributed by atoms with Crippen molar-refractivity contribution in [3.05, 3.63) is 34.3 Å². The van der Waals surface area contributed by atoms with Gasteiger partial charge in [-0.15, -0.1) is 0 Å². The van der Waals surface area contributed by atoms with Gasteiger partial charge < -0.3 is 11.1 Å². The van der Waals surface area contributed by atoms with Crippen LogP contribution in [-0.2, 0) is 11.3 Å². The first-order valence-electron chi connectivity index (χ1n) is 5.90. The Hall–Kier alpha value is -0.870. The Labute approximate surface area is 111 Å². The predicted octanol–water partition coefficient (Wildman–Crippen LogP) is 2.44. The third-order valence-corrected chi connectivity index (χ3v) is 3.48.